The van der Waals surface area contributed by atoms with Crippen LogP contribution < -0.4 is 14.8 Å². The zero-order valence-electron chi connectivity index (χ0n) is 16.0. The monoisotopic (exact) mass is 392 g/mol. The topological polar surface area (TPSA) is 84.9 Å². The number of carbonyl (C=O) groups excluding carboxylic acids is 3. The lowest BCUT2D eigenvalue weighted by molar-refractivity contribution is -0.129. The molecule has 8 heteroatoms. The Morgan fingerprint density at radius 1 is 1.22 bits per heavy atom. The van der Waals surface area contributed by atoms with Crippen molar-refractivity contribution in [2.75, 3.05) is 27.3 Å². The van der Waals surface area contributed by atoms with Crippen LogP contribution in [0.4, 0.5) is 4.79 Å². The summed E-state index contributed by atoms with van der Waals surface area (Å²) in [5.74, 6) is 0.312. The number of amides is 3. The third-order valence-electron chi connectivity index (χ3n) is 4.09. The molecule has 27 heavy (non-hydrogen) atoms. The van der Waals surface area contributed by atoms with Gasteiger partial charge < -0.3 is 14.8 Å². The van der Waals surface area contributed by atoms with Crippen molar-refractivity contribution in [3.8, 4) is 11.5 Å². The van der Waals surface area contributed by atoms with E-state index in [1.54, 1.807) is 25.3 Å². The number of nitrogens with zero attached hydrogens (tertiary/aromatic N) is 1. The number of nitrogens with one attached hydrogen (secondary N) is 1. The summed E-state index contributed by atoms with van der Waals surface area (Å²) >= 11 is 0.826. The molecule has 1 fully saturated rings. The molecule has 2 rings (SSSR count). The number of imide groups is 1. The van der Waals surface area contributed by atoms with E-state index >= 15 is 0 Å². The van der Waals surface area contributed by atoms with Crippen LogP contribution in [-0.4, -0.2) is 49.3 Å². The molecule has 1 aromatic rings. The molecule has 1 aromatic carbocycles. The average molecular weight is 392 g/mol. The van der Waals surface area contributed by atoms with Gasteiger partial charge in [0, 0.05) is 6.54 Å². The van der Waals surface area contributed by atoms with Crippen LogP contribution in [0.25, 0.3) is 6.08 Å². The fraction of sp³-hybridized carbons (Fsp3) is 0.421. The highest BCUT2D eigenvalue weighted by molar-refractivity contribution is 8.18. The first kappa shape index (κ1) is 20.8. The number of rotatable bonds is 8. The van der Waals surface area contributed by atoms with E-state index in [4.69, 9.17) is 9.47 Å². The second-order valence-electron chi connectivity index (χ2n) is 6.04. The number of hydrogen-bond donors (Lipinski definition) is 1. The molecule has 0 aliphatic carbocycles. The number of ether oxygens (including phenoxy) is 2. The van der Waals surface area contributed by atoms with Crippen molar-refractivity contribution in [1.29, 1.82) is 0 Å². The molecule has 1 aliphatic heterocycles. The Balaban J connectivity index is 2.17. The predicted molar refractivity (Wildman–Crippen MR) is 105 cm³/mol. The summed E-state index contributed by atoms with van der Waals surface area (Å²) in [5, 5.41) is 2.26. The Labute approximate surface area is 163 Å². The van der Waals surface area contributed by atoms with Crippen molar-refractivity contribution in [2.45, 2.75) is 26.7 Å². The first-order chi connectivity index (χ1) is 12.9. The zero-order valence-corrected chi connectivity index (χ0v) is 16.8. The number of thioether (sulfide) groups is 1. The first-order valence-corrected chi connectivity index (χ1v) is 9.47. The van der Waals surface area contributed by atoms with Gasteiger partial charge in [0.1, 0.15) is 6.54 Å². The van der Waals surface area contributed by atoms with Crippen molar-refractivity contribution in [2.24, 2.45) is 0 Å². The van der Waals surface area contributed by atoms with E-state index in [0.29, 0.717) is 18.0 Å². The summed E-state index contributed by atoms with van der Waals surface area (Å²) < 4.78 is 10.5. The van der Waals surface area contributed by atoms with Gasteiger partial charge in [-0.2, -0.15) is 0 Å². The van der Waals surface area contributed by atoms with Crippen LogP contribution in [0.15, 0.2) is 17.0 Å². The van der Waals surface area contributed by atoms with Crippen LogP contribution in [0, 0.1) is 6.92 Å². The van der Waals surface area contributed by atoms with Crippen molar-refractivity contribution >= 4 is 34.9 Å². The lowest BCUT2D eigenvalue weighted by atomic mass is 10.1. The number of unbranched alkanes of at least 4 members (excludes halogenated alkanes) is 1. The van der Waals surface area contributed by atoms with E-state index in [1.807, 2.05) is 13.8 Å². The molecule has 0 saturated carbocycles. The van der Waals surface area contributed by atoms with Gasteiger partial charge >= 0.3 is 0 Å². The molecule has 3 amide bonds. The quantitative estimate of drug-likeness (QED) is 0.541. The Hall–Kier alpha value is -2.48. The second-order valence-corrected chi connectivity index (χ2v) is 7.03. The van der Waals surface area contributed by atoms with E-state index in [0.717, 1.165) is 40.6 Å². The van der Waals surface area contributed by atoms with Gasteiger partial charge in [0.15, 0.2) is 11.5 Å². The van der Waals surface area contributed by atoms with E-state index in [1.165, 1.54) is 7.11 Å². The van der Waals surface area contributed by atoms with Gasteiger partial charge in [-0.25, -0.2) is 0 Å². The van der Waals surface area contributed by atoms with Gasteiger partial charge in [-0.05, 0) is 54.4 Å². The maximum absolute atomic E-state index is 12.6. The lowest BCUT2D eigenvalue weighted by Gasteiger charge is -2.12. The number of carbonyl (C=O) groups is 3. The van der Waals surface area contributed by atoms with Crippen molar-refractivity contribution < 1.29 is 23.9 Å². The molecule has 146 valence electrons. The normalized spacial score (nSPS) is 15.4. The standard InChI is InChI=1S/C19H24N2O5S/c1-5-6-7-20-17(22)11-21-18(23)16(27-19(21)24)10-13-9-15(26-4)14(25-3)8-12(13)2/h8-10H,5-7,11H2,1-4H3,(H,20,22)/b16-10-. The summed E-state index contributed by atoms with van der Waals surface area (Å²) in [6, 6.07) is 3.55. The van der Waals surface area contributed by atoms with E-state index in [9.17, 15) is 14.4 Å². The number of methoxy groups -OCH3 is 2. The molecule has 1 saturated heterocycles. The summed E-state index contributed by atoms with van der Waals surface area (Å²) in [7, 11) is 3.08. The minimum atomic E-state index is -0.468. The Morgan fingerprint density at radius 2 is 1.89 bits per heavy atom. The van der Waals surface area contributed by atoms with Gasteiger partial charge in [-0.1, -0.05) is 13.3 Å². The largest absolute Gasteiger partial charge is 0.493 e. The smallest absolute Gasteiger partial charge is 0.294 e. The molecule has 0 radical (unpaired) electrons. The van der Waals surface area contributed by atoms with Crippen LogP contribution in [0.5, 0.6) is 11.5 Å². The summed E-state index contributed by atoms with van der Waals surface area (Å²) in [5.41, 5.74) is 1.61. The van der Waals surface area contributed by atoms with E-state index in [2.05, 4.69) is 5.32 Å². The van der Waals surface area contributed by atoms with E-state index < -0.39 is 11.1 Å². The predicted octanol–water partition coefficient (Wildman–Crippen LogP) is 2.96. The number of hydrogen-bond acceptors (Lipinski definition) is 6. The molecule has 0 aromatic heterocycles. The maximum Gasteiger partial charge on any atom is 0.294 e. The van der Waals surface area contributed by atoms with Crippen LogP contribution in [0.3, 0.4) is 0 Å². The Kier molecular flexibility index (Phi) is 7.29. The fourth-order valence-electron chi connectivity index (χ4n) is 2.53. The lowest BCUT2D eigenvalue weighted by Crippen LogP contribution is -2.39. The van der Waals surface area contributed by atoms with Crippen molar-refractivity contribution in [3.05, 3.63) is 28.2 Å². The molecule has 1 heterocycles. The molecular formula is C19H24N2O5S. The number of benzene rings is 1. The van der Waals surface area contributed by atoms with Crippen LogP contribution >= 0.6 is 11.8 Å². The minimum absolute atomic E-state index is 0.267. The third kappa shape index (κ3) is 5.03. The summed E-state index contributed by atoms with van der Waals surface area (Å²) in [6.45, 7) is 4.16. The molecule has 1 aliphatic rings. The Morgan fingerprint density at radius 3 is 2.52 bits per heavy atom. The molecule has 0 atom stereocenters. The average Bonchev–Trinajstić information content (AvgIpc) is 2.90. The molecule has 0 bridgehead atoms. The van der Waals surface area contributed by atoms with Gasteiger partial charge in [-0.15, -0.1) is 0 Å². The van der Waals surface area contributed by atoms with Crippen LogP contribution in [0.2, 0.25) is 0 Å². The highest BCUT2D eigenvalue weighted by atomic mass is 32.2. The van der Waals surface area contributed by atoms with Crippen molar-refractivity contribution in [1.82, 2.24) is 10.2 Å². The van der Waals surface area contributed by atoms with E-state index in [-0.39, 0.29) is 17.4 Å². The van der Waals surface area contributed by atoms with Gasteiger partial charge in [0.25, 0.3) is 11.1 Å². The highest BCUT2D eigenvalue weighted by Gasteiger charge is 2.36. The fourth-order valence-corrected chi connectivity index (χ4v) is 3.36. The van der Waals surface area contributed by atoms with Gasteiger partial charge in [0.05, 0.1) is 19.1 Å². The number of aryl methyl sites for hydroxylation is 1. The summed E-state index contributed by atoms with van der Waals surface area (Å²) in [4.78, 5) is 37.9. The molecule has 1 N–H and O–H groups in total. The maximum atomic E-state index is 12.6. The van der Waals surface area contributed by atoms with Crippen molar-refractivity contribution in [3.63, 3.8) is 0 Å². The second kappa shape index (κ2) is 9.45. The first-order valence-electron chi connectivity index (χ1n) is 8.66. The van der Waals surface area contributed by atoms with Gasteiger partial charge in [0.2, 0.25) is 5.91 Å². The van der Waals surface area contributed by atoms with Gasteiger partial charge in [-0.3, -0.25) is 19.3 Å². The summed E-state index contributed by atoms with van der Waals surface area (Å²) in [6.07, 6.45) is 3.44. The minimum Gasteiger partial charge on any atom is -0.493 e. The van der Waals surface area contributed by atoms with Crippen LogP contribution in [-0.2, 0) is 9.59 Å². The highest BCUT2D eigenvalue weighted by Crippen LogP contribution is 2.35. The molecule has 0 spiro atoms. The Bertz CT molecular complexity index is 776. The third-order valence-corrected chi connectivity index (χ3v) is 4.99. The SMILES string of the molecule is CCCCNC(=O)CN1C(=O)S/C(=C\c2cc(OC)c(OC)cc2C)C1=O. The molecule has 7 nitrogen and oxygen atoms in total. The molecular weight excluding hydrogens is 368 g/mol. The van der Waals surface area contributed by atoms with Crippen LogP contribution in [0.1, 0.15) is 30.9 Å². The zero-order chi connectivity index (χ0) is 20.0. The molecule has 0 unspecified atom stereocenters.